The van der Waals surface area contributed by atoms with Crippen LogP contribution in [0.4, 0.5) is 0 Å². The number of aryl methyl sites for hydroxylation is 1. The minimum atomic E-state index is -0.0541. The lowest BCUT2D eigenvalue weighted by Gasteiger charge is -2.10. The predicted octanol–water partition coefficient (Wildman–Crippen LogP) is 1.02. The summed E-state index contributed by atoms with van der Waals surface area (Å²) in [5, 5.41) is 6.90. The van der Waals surface area contributed by atoms with Crippen molar-refractivity contribution in [2.45, 2.75) is 33.2 Å². The standard InChI is InChI=1S/C8H16N4/c1-4-6-10-8(12-11-6)7(9)5(2)3/h5,7H,4,9H2,1-3H3,(H,10,11,12)/t7-/m0/s1. The second kappa shape index (κ2) is 3.67. The molecular formula is C8H16N4. The van der Waals surface area contributed by atoms with Crippen LogP contribution >= 0.6 is 0 Å². The normalized spacial score (nSPS) is 13.8. The van der Waals surface area contributed by atoms with Gasteiger partial charge in [-0.05, 0) is 5.92 Å². The zero-order valence-electron chi connectivity index (χ0n) is 7.83. The first kappa shape index (κ1) is 9.19. The van der Waals surface area contributed by atoms with Crippen LogP contribution in [0.25, 0.3) is 0 Å². The number of nitrogens with two attached hydrogens (primary N) is 1. The Bertz CT molecular complexity index is 241. The molecule has 0 amide bonds. The number of nitrogens with one attached hydrogen (secondary N) is 1. The molecule has 4 nitrogen and oxygen atoms in total. The third-order valence-corrected chi connectivity index (χ3v) is 1.90. The third-order valence-electron chi connectivity index (χ3n) is 1.90. The molecule has 4 heteroatoms. The van der Waals surface area contributed by atoms with Crippen molar-refractivity contribution in [2.24, 2.45) is 11.7 Å². The van der Waals surface area contributed by atoms with Crippen molar-refractivity contribution in [3.63, 3.8) is 0 Å². The van der Waals surface area contributed by atoms with Gasteiger partial charge in [-0.15, -0.1) is 0 Å². The van der Waals surface area contributed by atoms with Gasteiger partial charge in [-0.25, -0.2) is 4.98 Å². The third kappa shape index (κ3) is 1.82. The number of H-pyrrole nitrogens is 1. The summed E-state index contributed by atoms with van der Waals surface area (Å²) in [4.78, 5) is 4.26. The average molecular weight is 168 g/mol. The highest BCUT2D eigenvalue weighted by Crippen LogP contribution is 2.14. The monoisotopic (exact) mass is 168 g/mol. The van der Waals surface area contributed by atoms with E-state index in [1.54, 1.807) is 0 Å². The molecule has 0 aliphatic rings. The van der Waals surface area contributed by atoms with E-state index in [4.69, 9.17) is 5.73 Å². The van der Waals surface area contributed by atoms with Crippen molar-refractivity contribution in [3.05, 3.63) is 11.6 Å². The Kier molecular flexibility index (Phi) is 2.81. The summed E-state index contributed by atoms with van der Waals surface area (Å²) >= 11 is 0. The summed E-state index contributed by atoms with van der Waals surface area (Å²) in [6, 6.07) is -0.0541. The fourth-order valence-corrected chi connectivity index (χ4v) is 0.915. The van der Waals surface area contributed by atoms with Gasteiger partial charge in [0.15, 0.2) is 5.82 Å². The maximum atomic E-state index is 5.86. The van der Waals surface area contributed by atoms with Crippen molar-refractivity contribution < 1.29 is 0 Å². The number of rotatable bonds is 3. The molecule has 1 heterocycles. The molecule has 3 N–H and O–H groups in total. The highest BCUT2D eigenvalue weighted by molar-refractivity contribution is 4.96. The largest absolute Gasteiger partial charge is 0.321 e. The quantitative estimate of drug-likeness (QED) is 0.708. The van der Waals surface area contributed by atoms with Gasteiger partial charge in [-0.2, -0.15) is 5.10 Å². The smallest absolute Gasteiger partial charge is 0.167 e. The number of aromatic amines is 1. The molecule has 0 aliphatic carbocycles. The molecule has 0 spiro atoms. The Labute approximate surface area is 72.6 Å². The minimum Gasteiger partial charge on any atom is -0.321 e. The Morgan fingerprint density at radius 1 is 1.50 bits per heavy atom. The van der Waals surface area contributed by atoms with Crippen LogP contribution in [0.2, 0.25) is 0 Å². The maximum absolute atomic E-state index is 5.86. The summed E-state index contributed by atoms with van der Waals surface area (Å²) in [6.45, 7) is 6.16. The summed E-state index contributed by atoms with van der Waals surface area (Å²) < 4.78 is 0. The van der Waals surface area contributed by atoms with Gasteiger partial charge in [0.2, 0.25) is 0 Å². The summed E-state index contributed by atoms with van der Waals surface area (Å²) in [7, 11) is 0. The van der Waals surface area contributed by atoms with E-state index in [1.807, 2.05) is 6.92 Å². The number of hydrogen-bond acceptors (Lipinski definition) is 3. The van der Waals surface area contributed by atoms with Gasteiger partial charge in [0.1, 0.15) is 5.82 Å². The fourth-order valence-electron chi connectivity index (χ4n) is 0.915. The van der Waals surface area contributed by atoms with Gasteiger partial charge < -0.3 is 5.73 Å². The van der Waals surface area contributed by atoms with E-state index in [9.17, 15) is 0 Å². The molecule has 0 bridgehead atoms. The van der Waals surface area contributed by atoms with E-state index in [1.165, 1.54) is 0 Å². The highest BCUT2D eigenvalue weighted by Gasteiger charge is 2.14. The first-order valence-electron chi connectivity index (χ1n) is 4.32. The number of hydrogen-bond donors (Lipinski definition) is 2. The van der Waals surface area contributed by atoms with Crippen LogP contribution < -0.4 is 5.73 Å². The van der Waals surface area contributed by atoms with Gasteiger partial charge in [-0.1, -0.05) is 20.8 Å². The molecule has 68 valence electrons. The first-order chi connectivity index (χ1) is 5.65. The van der Waals surface area contributed by atoms with Crippen molar-refractivity contribution in [1.82, 2.24) is 15.2 Å². The van der Waals surface area contributed by atoms with E-state index in [-0.39, 0.29) is 6.04 Å². The predicted molar refractivity (Wildman–Crippen MR) is 47.5 cm³/mol. The van der Waals surface area contributed by atoms with Gasteiger partial charge in [0.05, 0.1) is 6.04 Å². The molecule has 0 saturated heterocycles. The maximum Gasteiger partial charge on any atom is 0.167 e. The molecule has 1 aromatic rings. The van der Waals surface area contributed by atoms with Crippen molar-refractivity contribution in [3.8, 4) is 0 Å². The number of nitrogens with zero attached hydrogens (tertiary/aromatic N) is 2. The van der Waals surface area contributed by atoms with E-state index in [0.717, 1.165) is 18.1 Å². The van der Waals surface area contributed by atoms with Crippen molar-refractivity contribution >= 4 is 0 Å². The molecule has 0 saturated carbocycles. The lowest BCUT2D eigenvalue weighted by Crippen LogP contribution is -2.18. The average Bonchev–Trinajstić information content (AvgIpc) is 2.50. The molecular weight excluding hydrogens is 152 g/mol. The van der Waals surface area contributed by atoms with Crippen LogP contribution in [0.1, 0.15) is 38.5 Å². The van der Waals surface area contributed by atoms with Crippen molar-refractivity contribution in [2.75, 3.05) is 0 Å². The van der Waals surface area contributed by atoms with E-state index in [2.05, 4.69) is 29.0 Å². The van der Waals surface area contributed by atoms with Crippen LogP contribution in [0.5, 0.6) is 0 Å². The van der Waals surface area contributed by atoms with E-state index < -0.39 is 0 Å². The molecule has 0 unspecified atom stereocenters. The van der Waals surface area contributed by atoms with E-state index >= 15 is 0 Å². The van der Waals surface area contributed by atoms with Crippen LogP contribution in [0.15, 0.2) is 0 Å². The molecule has 1 aromatic heterocycles. The zero-order chi connectivity index (χ0) is 9.14. The number of aromatic nitrogens is 3. The molecule has 1 rings (SSSR count). The van der Waals surface area contributed by atoms with Crippen LogP contribution in [-0.2, 0) is 6.42 Å². The molecule has 0 radical (unpaired) electrons. The Morgan fingerprint density at radius 3 is 2.58 bits per heavy atom. The Hall–Kier alpha value is -0.900. The Balaban J connectivity index is 2.74. The van der Waals surface area contributed by atoms with Gasteiger partial charge in [0, 0.05) is 6.42 Å². The molecule has 12 heavy (non-hydrogen) atoms. The lowest BCUT2D eigenvalue weighted by molar-refractivity contribution is 0.491. The van der Waals surface area contributed by atoms with Crippen LogP contribution in [-0.4, -0.2) is 15.2 Å². The highest BCUT2D eigenvalue weighted by atomic mass is 15.2. The van der Waals surface area contributed by atoms with Crippen molar-refractivity contribution in [1.29, 1.82) is 0 Å². The summed E-state index contributed by atoms with van der Waals surface area (Å²) in [5.74, 6) is 2.01. The SMILES string of the molecule is CCc1nc([C@@H](N)C(C)C)n[nH]1. The van der Waals surface area contributed by atoms with Gasteiger partial charge in [0.25, 0.3) is 0 Å². The molecule has 0 fully saturated rings. The summed E-state index contributed by atoms with van der Waals surface area (Å²) in [5.41, 5.74) is 5.86. The fraction of sp³-hybridized carbons (Fsp3) is 0.750. The van der Waals surface area contributed by atoms with Crippen LogP contribution in [0.3, 0.4) is 0 Å². The van der Waals surface area contributed by atoms with Gasteiger partial charge in [-0.3, -0.25) is 5.10 Å². The zero-order valence-corrected chi connectivity index (χ0v) is 7.83. The lowest BCUT2D eigenvalue weighted by atomic mass is 10.1. The summed E-state index contributed by atoms with van der Waals surface area (Å²) in [6.07, 6.45) is 0.873. The molecule has 0 aromatic carbocycles. The molecule has 1 atom stereocenters. The van der Waals surface area contributed by atoms with Crippen LogP contribution in [0, 0.1) is 5.92 Å². The second-order valence-electron chi connectivity index (χ2n) is 3.26. The van der Waals surface area contributed by atoms with Gasteiger partial charge >= 0.3 is 0 Å². The first-order valence-corrected chi connectivity index (χ1v) is 4.32. The Morgan fingerprint density at radius 2 is 2.17 bits per heavy atom. The second-order valence-corrected chi connectivity index (χ2v) is 3.26. The van der Waals surface area contributed by atoms with E-state index in [0.29, 0.717) is 5.92 Å². The minimum absolute atomic E-state index is 0.0541. The topological polar surface area (TPSA) is 67.6 Å². The molecule has 0 aliphatic heterocycles.